The molecule has 0 radical (unpaired) electrons. The largest absolute Gasteiger partial charge is 0.524 e. The van der Waals surface area contributed by atoms with Crippen LogP contribution in [0.3, 0.4) is 0 Å². The van der Waals surface area contributed by atoms with Crippen molar-refractivity contribution in [1.82, 2.24) is 0 Å². The monoisotopic (exact) mass is 610 g/mol. The van der Waals surface area contributed by atoms with Crippen molar-refractivity contribution in [2.24, 2.45) is 0 Å². The van der Waals surface area contributed by atoms with E-state index in [1.165, 1.54) is 70.9 Å². The van der Waals surface area contributed by atoms with Gasteiger partial charge in [0.15, 0.2) is 0 Å². The maximum atomic E-state index is 14.2. The van der Waals surface area contributed by atoms with Gasteiger partial charge in [-0.2, -0.15) is 38.4 Å². The average Bonchev–Trinajstić information content (AvgIpc) is 2.90. The van der Waals surface area contributed by atoms with Crippen LogP contribution in [0.5, 0.6) is 23.0 Å². The average molecular weight is 611 g/mol. The third-order valence-corrected chi connectivity index (χ3v) is 9.10. The summed E-state index contributed by atoms with van der Waals surface area (Å²) in [4.78, 5) is -0.237. The lowest BCUT2D eigenvalue weighted by Gasteiger charge is -2.26. The molecule has 216 valence electrons. The standard InChI is InChI=1S/C25H20F6O7S2/c1-34-13-9-17(36-3)22-19(11-13)39(38-40(32,33)25(29,30)31)20-12-14(35-2)10-18(37-4)23(20)21(22)15-7-5-6-8-16(15)24(26,27)28/h5-12H,1-4H3. The van der Waals surface area contributed by atoms with Gasteiger partial charge < -0.3 is 18.9 Å². The fourth-order valence-corrected chi connectivity index (χ4v) is 7.21. The van der Waals surface area contributed by atoms with E-state index < -0.39 is 38.1 Å². The van der Waals surface area contributed by atoms with Gasteiger partial charge >= 0.3 is 21.8 Å². The maximum Gasteiger partial charge on any atom is 0.524 e. The number of methoxy groups -OCH3 is 4. The highest BCUT2D eigenvalue weighted by molar-refractivity contribution is 8.12. The second kappa shape index (κ2) is 10.5. The zero-order valence-electron chi connectivity index (χ0n) is 21.1. The van der Waals surface area contributed by atoms with E-state index in [-0.39, 0.29) is 54.3 Å². The number of fused-ring (bicyclic) bond motifs is 2. The Bertz CT molecular complexity index is 1720. The predicted molar refractivity (Wildman–Crippen MR) is 133 cm³/mol. The number of alkyl halides is 6. The fraction of sp³-hybridized carbons (Fsp3) is 0.240. The van der Waals surface area contributed by atoms with Crippen LogP contribution in [0.4, 0.5) is 26.3 Å². The smallest absolute Gasteiger partial charge is 0.497 e. The highest BCUT2D eigenvalue weighted by Crippen LogP contribution is 2.51. The zero-order valence-corrected chi connectivity index (χ0v) is 22.7. The minimum absolute atomic E-state index is 0.0166. The molecule has 0 fully saturated rings. The molecule has 3 aromatic carbocycles. The van der Waals surface area contributed by atoms with E-state index in [2.05, 4.69) is 0 Å². The molecule has 1 aliphatic rings. The summed E-state index contributed by atoms with van der Waals surface area (Å²) in [6.07, 6.45) is -4.85. The second-order valence-electron chi connectivity index (χ2n) is 8.06. The minimum atomic E-state index is -6.21. The van der Waals surface area contributed by atoms with Crippen molar-refractivity contribution in [3.8, 4) is 23.0 Å². The molecule has 0 saturated carbocycles. The zero-order chi connectivity index (χ0) is 29.6. The Labute approximate surface area is 226 Å². The molecule has 0 amide bonds. The van der Waals surface area contributed by atoms with Gasteiger partial charge in [0.25, 0.3) is 0 Å². The molecule has 0 bridgehead atoms. The summed E-state index contributed by atoms with van der Waals surface area (Å²) < 4.78 is 134. The predicted octanol–water partition coefficient (Wildman–Crippen LogP) is 5.66. The summed E-state index contributed by atoms with van der Waals surface area (Å²) in [5.41, 5.74) is -7.53. The van der Waals surface area contributed by atoms with E-state index in [9.17, 15) is 34.8 Å². The molecule has 0 N–H and O–H groups in total. The number of hydrogen-bond acceptors (Lipinski definition) is 7. The molecule has 1 heterocycles. The molecule has 15 heteroatoms. The van der Waals surface area contributed by atoms with Crippen molar-refractivity contribution in [2.75, 3.05) is 28.4 Å². The topological polar surface area (TPSA) is 80.3 Å². The molecule has 1 atom stereocenters. The first-order valence-corrected chi connectivity index (χ1v) is 13.6. The Hall–Kier alpha value is -3.43. The Morgan fingerprint density at radius 3 is 1.88 bits per heavy atom. The van der Waals surface area contributed by atoms with Gasteiger partial charge in [-0.25, -0.2) is 0 Å². The molecule has 1 aliphatic heterocycles. The number of benzene rings is 3. The van der Waals surface area contributed by atoms with Crippen LogP contribution in [-0.4, -0.2) is 42.4 Å². The van der Waals surface area contributed by atoms with E-state index in [1.807, 2.05) is 0 Å². The van der Waals surface area contributed by atoms with Gasteiger partial charge in [0.1, 0.15) is 23.0 Å². The Balaban J connectivity index is 2.38. The van der Waals surface area contributed by atoms with Crippen LogP contribution in [0.1, 0.15) is 16.7 Å². The highest BCUT2D eigenvalue weighted by atomic mass is 32.3. The maximum absolute atomic E-state index is 14.2. The van der Waals surface area contributed by atoms with Crippen LogP contribution in [0.2, 0.25) is 0 Å². The lowest BCUT2D eigenvalue weighted by molar-refractivity contribution is -0.137. The van der Waals surface area contributed by atoms with E-state index in [0.717, 1.165) is 6.07 Å². The Kier molecular flexibility index (Phi) is 7.77. The van der Waals surface area contributed by atoms with Crippen LogP contribution in [-0.2, 0) is 19.9 Å². The molecule has 40 heavy (non-hydrogen) atoms. The molecule has 0 aliphatic carbocycles. The van der Waals surface area contributed by atoms with Gasteiger partial charge in [0.2, 0.25) is 0 Å². The van der Waals surface area contributed by atoms with Crippen molar-refractivity contribution in [2.45, 2.75) is 16.6 Å². The van der Waals surface area contributed by atoms with E-state index in [0.29, 0.717) is 0 Å². The van der Waals surface area contributed by atoms with Gasteiger partial charge in [-0.3, -0.25) is 0 Å². The molecule has 0 saturated heterocycles. The number of hydrogen-bond donors (Lipinski definition) is 0. The van der Waals surface area contributed by atoms with Crippen LogP contribution in [0.25, 0.3) is 5.57 Å². The minimum Gasteiger partial charge on any atom is -0.497 e. The van der Waals surface area contributed by atoms with Gasteiger partial charge in [0, 0.05) is 48.7 Å². The first kappa shape index (κ1) is 29.6. The molecular weight excluding hydrogens is 590 g/mol. The normalized spacial score (nSPS) is 15.2. The van der Waals surface area contributed by atoms with Crippen molar-refractivity contribution in [3.63, 3.8) is 0 Å². The third-order valence-electron chi connectivity index (χ3n) is 5.83. The van der Waals surface area contributed by atoms with Gasteiger partial charge in [-0.15, -0.1) is 0 Å². The summed E-state index contributed by atoms with van der Waals surface area (Å²) >= 11 is 0. The summed E-state index contributed by atoms with van der Waals surface area (Å²) in [7, 11) is -3.78. The quantitative estimate of drug-likeness (QED) is 0.194. The molecule has 3 aromatic rings. The summed E-state index contributed by atoms with van der Waals surface area (Å²) in [6.45, 7) is 0. The lowest BCUT2D eigenvalue weighted by Crippen LogP contribution is -2.26. The number of rotatable bonds is 7. The van der Waals surface area contributed by atoms with E-state index in [1.54, 1.807) is 0 Å². The molecule has 1 unspecified atom stereocenters. The first-order valence-electron chi connectivity index (χ1n) is 11.0. The third kappa shape index (κ3) is 5.08. The van der Waals surface area contributed by atoms with E-state index >= 15 is 0 Å². The van der Waals surface area contributed by atoms with Crippen LogP contribution in [0.15, 0.2) is 53.4 Å². The summed E-state index contributed by atoms with van der Waals surface area (Å²) in [5, 5.41) is -0.142. The van der Waals surface area contributed by atoms with Crippen LogP contribution < -0.4 is 24.2 Å². The SMILES string of the molecule is COc1cc(OC)c2c(c1)S(OS(=O)(=O)C(F)(F)F)=c1cc(OC)cc(OC)c1=C2c1ccccc1C(F)(F)F. The summed E-state index contributed by atoms with van der Waals surface area (Å²) in [5.74, 6) is -0.198. The van der Waals surface area contributed by atoms with Gasteiger partial charge in [-0.1, -0.05) is 18.2 Å². The van der Waals surface area contributed by atoms with Crippen molar-refractivity contribution in [1.29, 1.82) is 0 Å². The Morgan fingerprint density at radius 1 is 0.750 bits per heavy atom. The highest BCUT2D eigenvalue weighted by Gasteiger charge is 2.49. The Morgan fingerprint density at radius 2 is 1.32 bits per heavy atom. The van der Waals surface area contributed by atoms with Gasteiger partial charge in [-0.05, 0) is 23.8 Å². The van der Waals surface area contributed by atoms with Crippen molar-refractivity contribution >= 4 is 26.5 Å². The van der Waals surface area contributed by atoms with Crippen LogP contribution in [0, 0.1) is 4.51 Å². The number of ether oxygens (including phenoxy) is 4. The van der Waals surface area contributed by atoms with Crippen molar-refractivity contribution in [3.05, 3.63) is 75.0 Å². The number of halogens is 6. The molecule has 0 spiro atoms. The molecular formula is C25H20F6O7S2. The molecule has 0 aromatic heterocycles. The fourth-order valence-electron chi connectivity index (χ4n) is 4.14. The second-order valence-corrected chi connectivity index (χ2v) is 11.4. The van der Waals surface area contributed by atoms with E-state index in [4.69, 9.17) is 22.6 Å². The lowest BCUT2D eigenvalue weighted by atomic mass is 9.90. The van der Waals surface area contributed by atoms with Crippen LogP contribution >= 0.6 is 10.8 Å². The van der Waals surface area contributed by atoms with Crippen molar-refractivity contribution < 1.29 is 57.3 Å². The molecule has 7 nitrogen and oxygen atoms in total. The molecule has 4 rings (SSSR count). The first-order chi connectivity index (χ1) is 18.7. The summed E-state index contributed by atoms with van der Waals surface area (Å²) in [6, 6.07) is 9.50. The van der Waals surface area contributed by atoms with Gasteiger partial charge in [0.05, 0.1) is 34.0 Å².